The van der Waals surface area contributed by atoms with Gasteiger partial charge in [-0.15, -0.1) is 0 Å². The highest BCUT2D eigenvalue weighted by atomic mass is 32.2. The van der Waals surface area contributed by atoms with Gasteiger partial charge in [0, 0.05) is 18.7 Å². The minimum Gasteiger partial charge on any atom is -0.326 e. The zero-order valence-electron chi connectivity index (χ0n) is 13.1. The molecule has 1 fully saturated rings. The third-order valence-electron chi connectivity index (χ3n) is 4.18. The first-order valence-electron chi connectivity index (χ1n) is 7.78. The van der Waals surface area contributed by atoms with Crippen molar-refractivity contribution in [1.82, 2.24) is 4.72 Å². The summed E-state index contributed by atoms with van der Waals surface area (Å²) in [7, 11) is -3.52. The van der Waals surface area contributed by atoms with Crippen LogP contribution in [-0.4, -0.2) is 20.4 Å². The number of nitrogens with one attached hydrogen (secondary N) is 2. The van der Waals surface area contributed by atoms with Gasteiger partial charge in [0.2, 0.25) is 15.9 Å². The number of carbonyl (C=O) groups excluding carboxylic acids is 1. The molecule has 1 aromatic rings. The van der Waals surface area contributed by atoms with Crippen molar-refractivity contribution in [2.45, 2.75) is 56.9 Å². The molecule has 0 saturated heterocycles. The van der Waals surface area contributed by atoms with Crippen LogP contribution in [0.1, 0.15) is 46.0 Å². The van der Waals surface area contributed by atoms with Crippen LogP contribution in [0.4, 0.5) is 5.69 Å². The molecule has 2 N–H and O–H groups in total. The first-order chi connectivity index (χ1) is 10.4. The summed E-state index contributed by atoms with van der Waals surface area (Å²) in [6, 6.07) is 6.17. The average Bonchev–Trinajstić information content (AvgIpc) is 2.47. The van der Waals surface area contributed by atoms with Crippen LogP contribution < -0.4 is 10.0 Å². The number of benzene rings is 1. The number of amides is 1. The molecule has 0 spiro atoms. The summed E-state index contributed by atoms with van der Waals surface area (Å²) >= 11 is 0. The molecular formula is C16H24N2O3S. The van der Waals surface area contributed by atoms with Gasteiger partial charge in [0.05, 0.1) is 4.90 Å². The molecule has 0 bridgehead atoms. The van der Waals surface area contributed by atoms with Gasteiger partial charge in [-0.05, 0) is 49.9 Å². The van der Waals surface area contributed by atoms with Gasteiger partial charge < -0.3 is 5.32 Å². The Morgan fingerprint density at radius 3 is 2.27 bits per heavy atom. The molecular weight excluding hydrogens is 300 g/mol. The van der Waals surface area contributed by atoms with Crippen LogP contribution in [0.25, 0.3) is 0 Å². The predicted octanol–water partition coefficient (Wildman–Crippen LogP) is 2.89. The Hall–Kier alpha value is -1.40. The van der Waals surface area contributed by atoms with Crippen LogP contribution in [0, 0.1) is 5.92 Å². The Labute approximate surface area is 132 Å². The summed E-state index contributed by atoms with van der Waals surface area (Å²) in [6.07, 6.45) is 5.79. The van der Waals surface area contributed by atoms with Gasteiger partial charge in [-0.2, -0.15) is 0 Å². The quantitative estimate of drug-likeness (QED) is 0.874. The second kappa shape index (κ2) is 7.24. The molecule has 1 saturated carbocycles. The predicted molar refractivity (Wildman–Crippen MR) is 87.1 cm³/mol. The van der Waals surface area contributed by atoms with Gasteiger partial charge in [0.25, 0.3) is 0 Å². The van der Waals surface area contributed by atoms with E-state index in [1.165, 1.54) is 38.3 Å². The van der Waals surface area contributed by atoms with E-state index < -0.39 is 10.0 Å². The van der Waals surface area contributed by atoms with Crippen molar-refractivity contribution in [2.24, 2.45) is 5.92 Å². The van der Waals surface area contributed by atoms with Crippen molar-refractivity contribution < 1.29 is 13.2 Å². The van der Waals surface area contributed by atoms with Gasteiger partial charge >= 0.3 is 0 Å². The summed E-state index contributed by atoms with van der Waals surface area (Å²) in [5, 5.41) is 2.62. The number of carbonyl (C=O) groups is 1. The average molecular weight is 324 g/mol. The summed E-state index contributed by atoms with van der Waals surface area (Å²) in [5.41, 5.74) is 0.590. The summed E-state index contributed by atoms with van der Waals surface area (Å²) in [5.74, 6) is 0.238. The number of anilines is 1. The van der Waals surface area contributed by atoms with Crippen LogP contribution in [0.15, 0.2) is 29.2 Å². The smallest absolute Gasteiger partial charge is 0.240 e. The molecule has 1 aliphatic rings. The Bertz CT molecular complexity index is 605. The van der Waals surface area contributed by atoms with E-state index in [1.807, 2.05) is 6.92 Å². The number of sulfonamides is 1. The van der Waals surface area contributed by atoms with Crippen molar-refractivity contribution in [1.29, 1.82) is 0 Å². The maximum atomic E-state index is 12.4. The molecule has 1 amide bonds. The lowest BCUT2D eigenvalue weighted by Gasteiger charge is -2.28. The van der Waals surface area contributed by atoms with Crippen molar-refractivity contribution in [3.8, 4) is 0 Å². The maximum Gasteiger partial charge on any atom is 0.240 e. The lowest BCUT2D eigenvalue weighted by atomic mass is 9.85. The second-order valence-corrected chi connectivity index (χ2v) is 7.73. The van der Waals surface area contributed by atoms with Crippen LogP contribution in [0.5, 0.6) is 0 Å². The minimum absolute atomic E-state index is 0.0553. The molecule has 0 radical (unpaired) electrons. The van der Waals surface area contributed by atoms with E-state index in [4.69, 9.17) is 0 Å². The van der Waals surface area contributed by atoms with E-state index in [9.17, 15) is 13.2 Å². The fourth-order valence-corrected chi connectivity index (χ4v) is 4.28. The molecule has 122 valence electrons. The third-order valence-corrected chi connectivity index (χ3v) is 5.76. The van der Waals surface area contributed by atoms with E-state index in [0.29, 0.717) is 11.6 Å². The molecule has 22 heavy (non-hydrogen) atoms. The summed E-state index contributed by atoms with van der Waals surface area (Å²) in [4.78, 5) is 11.2. The molecule has 5 nitrogen and oxygen atoms in total. The zero-order chi connectivity index (χ0) is 16.2. The minimum atomic E-state index is -3.52. The molecule has 1 unspecified atom stereocenters. The molecule has 1 aromatic carbocycles. The molecule has 1 aliphatic carbocycles. The van der Waals surface area contributed by atoms with Gasteiger partial charge in [0.15, 0.2) is 0 Å². The number of rotatable bonds is 5. The van der Waals surface area contributed by atoms with Crippen molar-refractivity contribution >= 4 is 21.6 Å². The lowest BCUT2D eigenvalue weighted by Crippen LogP contribution is -2.38. The maximum absolute atomic E-state index is 12.4. The van der Waals surface area contributed by atoms with E-state index >= 15 is 0 Å². The Balaban J connectivity index is 2.04. The summed E-state index contributed by atoms with van der Waals surface area (Å²) < 4.78 is 27.6. The summed E-state index contributed by atoms with van der Waals surface area (Å²) in [6.45, 7) is 3.36. The Morgan fingerprint density at radius 1 is 1.14 bits per heavy atom. The van der Waals surface area contributed by atoms with Crippen LogP contribution >= 0.6 is 0 Å². The molecule has 0 aliphatic heterocycles. The fraction of sp³-hybridized carbons (Fsp3) is 0.562. The highest BCUT2D eigenvalue weighted by Gasteiger charge is 2.25. The van der Waals surface area contributed by atoms with Gasteiger partial charge in [-0.3, -0.25) is 4.79 Å². The first kappa shape index (κ1) is 17.0. The highest BCUT2D eigenvalue weighted by Crippen LogP contribution is 2.27. The van der Waals surface area contributed by atoms with E-state index in [1.54, 1.807) is 12.1 Å². The SMILES string of the molecule is CC(=O)Nc1ccc(S(=O)(=O)NC(C)C2CCCCC2)cc1. The largest absolute Gasteiger partial charge is 0.326 e. The molecule has 1 atom stereocenters. The topological polar surface area (TPSA) is 75.3 Å². The Kier molecular flexibility index (Phi) is 5.58. The van der Waals surface area contributed by atoms with E-state index in [-0.39, 0.29) is 16.8 Å². The lowest BCUT2D eigenvalue weighted by molar-refractivity contribution is -0.114. The van der Waals surface area contributed by atoms with Crippen molar-refractivity contribution in [3.05, 3.63) is 24.3 Å². The third kappa shape index (κ3) is 4.55. The van der Waals surface area contributed by atoms with Crippen molar-refractivity contribution in [3.63, 3.8) is 0 Å². The van der Waals surface area contributed by atoms with Crippen LogP contribution in [-0.2, 0) is 14.8 Å². The highest BCUT2D eigenvalue weighted by molar-refractivity contribution is 7.89. The van der Waals surface area contributed by atoms with E-state index in [2.05, 4.69) is 10.0 Å². The first-order valence-corrected chi connectivity index (χ1v) is 9.27. The zero-order valence-corrected chi connectivity index (χ0v) is 13.9. The molecule has 2 rings (SSSR count). The van der Waals surface area contributed by atoms with Gasteiger partial charge in [-0.25, -0.2) is 13.1 Å². The monoisotopic (exact) mass is 324 g/mol. The van der Waals surface area contributed by atoms with E-state index in [0.717, 1.165) is 12.8 Å². The molecule has 0 aromatic heterocycles. The standard InChI is InChI=1S/C16H24N2O3S/c1-12(14-6-4-3-5-7-14)18-22(20,21)16-10-8-15(9-11-16)17-13(2)19/h8-12,14,18H,3-7H2,1-2H3,(H,17,19). The van der Waals surface area contributed by atoms with Gasteiger partial charge in [-0.1, -0.05) is 19.3 Å². The Morgan fingerprint density at radius 2 is 1.73 bits per heavy atom. The second-order valence-electron chi connectivity index (χ2n) is 6.01. The molecule has 0 heterocycles. The van der Waals surface area contributed by atoms with Gasteiger partial charge in [0.1, 0.15) is 0 Å². The van der Waals surface area contributed by atoms with Crippen molar-refractivity contribution in [2.75, 3.05) is 5.32 Å². The molecule has 6 heteroatoms. The number of hydrogen-bond donors (Lipinski definition) is 2. The fourth-order valence-electron chi connectivity index (χ4n) is 2.96. The van der Waals surface area contributed by atoms with Crippen LogP contribution in [0.2, 0.25) is 0 Å². The normalized spacial score (nSPS) is 17.9. The van der Waals surface area contributed by atoms with Crippen LogP contribution in [0.3, 0.4) is 0 Å². The number of hydrogen-bond acceptors (Lipinski definition) is 3.